The van der Waals surface area contributed by atoms with E-state index in [9.17, 15) is 18.8 Å². The molecule has 0 spiro atoms. The van der Waals surface area contributed by atoms with E-state index in [2.05, 4.69) is 10.2 Å². The molecule has 3 aliphatic heterocycles. The van der Waals surface area contributed by atoms with Crippen molar-refractivity contribution >= 4 is 40.7 Å². The summed E-state index contributed by atoms with van der Waals surface area (Å²) in [7, 11) is 0. The summed E-state index contributed by atoms with van der Waals surface area (Å²) < 4.78 is 13.3. The second-order valence-corrected chi connectivity index (χ2v) is 9.75. The maximum atomic E-state index is 13.5. The first-order valence-electron chi connectivity index (χ1n) is 12.1. The molecule has 2 aromatic carbocycles. The molecule has 0 saturated carbocycles. The van der Waals surface area contributed by atoms with E-state index in [-0.39, 0.29) is 41.9 Å². The number of benzene rings is 2. The minimum atomic E-state index is -0.447. The van der Waals surface area contributed by atoms with Crippen LogP contribution in [0.1, 0.15) is 48.0 Å². The number of anilines is 2. The molecule has 3 amide bonds. The van der Waals surface area contributed by atoms with E-state index < -0.39 is 5.82 Å². The van der Waals surface area contributed by atoms with Gasteiger partial charge < -0.3 is 15.1 Å². The quantitative estimate of drug-likeness (QED) is 0.681. The molecule has 7 nitrogen and oxygen atoms in total. The Morgan fingerprint density at radius 3 is 2.54 bits per heavy atom. The number of carbonyl (C=O) groups is 3. The van der Waals surface area contributed by atoms with Crippen LogP contribution in [0.25, 0.3) is 0 Å². The lowest BCUT2D eigenvalue weighted by molar-refractivity contribution is -0.125. The van der Waals surface area contributed by atoms with Gasteiger partial charge in [-0.2, -0.15) is 0 Å². The van der Waals surface area contributed by atoms with Crippen molar-refractivity contribution in [3.63, 3.8) is 0 Å². The van der Waals surface area contributed by atoms with Gasteiger partial charge in [0, 0.05) is 36.8 Å². The summed E-state index contributed by atoms with van der Waals surface area (Å²) >= 11 is 6.07. The number of rotatable bonds is 5. The summed E-state index contributed by atoms with van der Waals surface area (Å²) in [5.41, 5.74) is 2.58. The Morgan fingerprint density at radius 1 is 1.00 bits per heavy atom. The fourth-order valence-corrected chi connectivity index (χ4v) is 5.45. The van der Waals surface area contributed by atoms with Gasteiger partial charge in [0.25, 0.3) is 5.91 Å². The van der Waals surface area contributed by atoms with E-state index >= 15 is 0 Å². The summed E-state index contributed by atoms with van der Waals surface area (Å²) in [5, 5.41) is 3.01. The second-order valence-electron chi connectivity index (χ2n) is 9.34. The van der Waals surface area contributed by atoms with Crippen molar-refractivity contribution in [1.29, 1.82) is 0 Å². The van der Waals surface area contributed by atoms with Gasteiger partial charge >= 0.3 is 0 Å². The van der Waals surface area contributed by atoms with Crippen LogP contribution in [0, 0.1) is 5.82 Å². The number of halogens is 2. The molecule has 0 aromatic heterocycles. The fraction of sp³-hybridized carbons (Fsp3) is 0.423. The Morgan fingerprint density at radius 2 is 1.77 bits per heavy atom. The van der Waals surface area contributed by atoms with E-state index in [0.717, 1.165) is 57.4 Å². The van der Waals surface area contributed by atoms with Crippen molar-refractivity contribution in [3.05, 3.63) is 58.4 Å². The average molecular weight is 499 g/mol. The van der Waals surface area contributed by atoms with Gasteiger partial charge in [-0.15, -0.1) is 0 Å². The number of amides is 3. The minimum absolute atomic E-state index is 0.0473. The smallest absolute Gasteiger partial charge is 0.253 e. The predicted molar refractivity (Wildman–Crippen MR) is 132 cm³/mol. The van der Waals surface area contributed by atoms with Crippen molar-refractivity contribution in [3.8, 4) is 0 Å². The van der Waals surface area contributed by atoms with E-state index in [4.69, 9.17) is 11.6 Å². The third-order valence-electron chi connectivity index (χ3n) is 7.06. The van der Waals surface area contributed by atoms with Gasteiger partial charge in [-0.05, 0) is 68.0 Å². The molecule has 3 heterocycles. The van der Waals surface area contributed by atoms with Gasteiger partial charge in [0.2, 0.25) is 11.8 Å². The van der Waals surface area contributed by atoms with Crippen molar-refractivity contribution < 1.29 is 18.8 Å². The number of likely N-dealkylation sites (tertiary alicyclic amines) is 1. The number of nitrogens with one attached hydrogen (secondary N) is 1. The third-order valence-corrected chi connectivity index (χ3v) is 7.41. The molecule has 2 fully saturated rings. The van der Waals surface area contributed by atoms with Crippen LogP contribution in [0.2, 0.25) is 5.02 Å². The lowest BCUT2D eigenvalue weighted by Gasteiger charge is -2.45. The van der Waals surface area contributed by atoms with Crippen molar-refractivity contribution in [2.75, 3.05) is 36.0 Å². The number of piperidine rings is 1. The molecule has 184 valence electrons. The number of carbonyl (C=O) groups excluding carboxylic acids is 3. The summed E-state index contributed by atoms with van der Waals surface area (Å²) in [6.45, 7) is 2.19. The average Bonchev–Trinajstić information content (AvgIpc) is 3.40. The summed E-state index contributed by atoms with van der Waals surface area (Å²) in [6, 6.07) is 9.19. The van der Waals surface area contributed by atoms with Crippen molar-refractivity contribution in [2.45, 2.75) is 44.7 Å². The predicted octanol–water partition coefficient (Wildman–Crippen LogP) is 3.74. The molecule has 9 heteroatoms. The van der Waals surface area contributed by atoms with Crippen LogP contribution in [0.3, 0.4) is 0 Å². The highest BCUT2D eigenvalue weighted by molar-refractivity contribution is 6.31. The van der Waals surface area contributed by atoms with Gasteiger partial charge in [-0.3, -0.25) is 19.3 Å². The Kier molecular flexibility index (Phi) is 6.65. The molecule has 0 radical (unpaired) electrons. The van der Waals surface area contributed by atoms with Crippen LogP contribution in [0.15, 0.2) is 36.4 Å². The number of fused-ring (bicyclic) bond motifs is 3. The van der Waals surface area contributed by atoms with Gasteiger partial charge in [0.1, 0.15) is 18.4 Å². The minimum Gasteiger partial charge on any atom is -0.358 e. The highest BCUT2D eigenvalue weighted by Gasteiger charge is 2.40. The Balaban J connectivity index is 1.39. The molecule has 2 aromatic rings. The van der Waals surface area contributed by atoms with Crippen LogP contribution < -0.4 is 15.1 Å². The fourth-order valence-electron chi connectivity index (χ4n) is 5.22. The highest BCUT2D eigenvalue weighted by Crippen LogP contribution is 2.40. The van der Waals surface area contributed by atoms with Crippen molar-refractivity contribution in [2.24, 2.45) is 0 Å². The van der Waals surface area contributed by atoms with Gasteiger partial charge in [-0.1, -0.05) is 17.7 Å². The molecule has 0 unspecified atom stereocenters. The maximum absolute atomic E-state index is 13.5. The Labute approximate surface area is 208 Å². The SMILES string of the molecule is O=C(CN1C(=O)[C@H]2CCCCN2c2ccc(C(=O)N3CCCC3)cc21)NCc1ccc(F)cc1Cl. The summed E-state index contributed by atoms with van der Waals surface area (Å²) in [5.74, 6) is -0.978. The zero-order valence-corrected chi connectivity index (χ0v) is 20.2. The van der Waals surface area contributed by atoms with Crippen LogP contribution >= 0.6 is 11.6 Å². The second kappa shape index (κ2) is 9.85. The molecular weight excluding hydrogens is 471 g/mol. The zero-order chi connectivity index (χ0) is 24.5. The van der Waals surface area contributed by atoms with Crippen LogP contribution in [-0.2, 0) is 16.1 Å². The molecule has 0 bridgehead atoms. The number of hydrogen-bond acceptors (Lipinski definition) is 4. The Bertz CT molecular complexity index is 1170. The third kappa shape index (κ3) is 4.72. The van der Waals surface area contributed by atoms with Gasteiger partial charge in [-0.25, -0.2) is 4.39 Å². The first-order chi connectivity index (χ1) is 16.9. The lowest BCUT2D eigenvalue weighted by Crippen LogP contribution is -2.57. The molecule has 35 heavy (non-hydrogen) atoms. The first-order valence-corrected chi connectivity index (χ1v) is 12.5. The van der Waals surface area contributed by atoms with Crippen molar-refractivity contribution in [1.82, 2.24) is 10.2 Å². The monoisotopic (exact) mass is 498 g/mol. The standard InChI is InChI=1S/C26H28ClFN4O3/c27-20-14-19(28)8-6-18(20)15-29-24(33)16-32-23-13-17(25(34)30-10-3-4-11-30)7-9-21(23)31-12-2-1-5-22(31)26(32)35/h6-9,13-14,22H,1-5,10-12,15-16H2,(H,29,33)/t22-/m1/s1. The highest BCUT2D eigenvalue weighted by atomic mass is 35.5. The first kappa shape index (κ1) is 23.6. The van der Waals surface area contributed by atoms with E-state index in [1.165, 1.54) is 23.1 Å². The summed E-state index contributed by atoms with van der Waals surface area (Å²) in [6.07, 6.45) is 4.67. The summed E-state index contributed by atoms with van der Waals surface area (Å²) in [4.78, 5) is 44.9. The maximum Gasteiger partial charge on any atom is 0.253 e. The lowest BCUT2D eigenvalue weighted by atomic mass is 9.95. The molecule has 1 N–H and O–H groups in total. The molecule has 5 rings (SSSR count). The largest absolute Gasteiger partial charge is 0.358 e. The zero-order valence-electron chi connectivity index (χ0n) is 19.4. The number of hydrogen-bond donors (Lipinski definition) is 1. The number of nitrogens with zero attached hydrogens (tertiary/aromatic N) is 3. The Hall–Kier alpha value is -3.13. The van der Waals surface area contributed by atoms with Crippen LogP contribution in [0.4, 0.5) is 15.8 Å². The van der Waals surface area contributed by atoms with E-state index in [1.54, 1.807) is 6.07 Å². The molecular formula is C26H28ClFN4O3. The van der Waals surface area contributed by atoms with E-state index in [0.29, 0.717) is 16.8 Å². The van der Waals surface area contributed by atoms with Crippen LogP contribution in [0.5, 0.6) is 0 Å². The topological polar surface area (TPSA) is 73.0 Å². The molecule has 3 aliphatic rings. The van der Waals surface area contributed by atoms with Gasteiger partial charge in [0.05, 0.1) is 11.4 Å². The van der Waals surface area contributed by atoms with Gasteiger partial charge in [0.15, 0.2) is 0 Å². The molecule has 2 saturated heterocycles. The van der Waals surface area contributed by atoms with E-state index in [1.807, 2.05) is 17.0 Å². The normalized spacial score (nSPS) is 19.4. The molecule has 0 aliphatic carbocycles. The molecule has 1 atom stereocenters. The van der Waals surface area contributed by atoms with Crippen LogP contribution in [-0.4, -0.2) is 54.8 Å².